The van der Waals surface area contributed by atoms with Crippen molar-refractivity contribution in [3.8, 4) is 11.5 Å². The fraction of sp³-hybridized carbons (Fsp3) is 0.238. The Balaban J connectivity index is 2.02. The molecule has 4 nitrogen and oxygen atoms in total. The van der Waals surface area contributed by atoms with Gasteiger partial charge in [-0.05, 0) is 36.4 Å². The van der Waals surface area contributed by atoms with Crippen molar-refractivity contribution >= 4 is 23.2 Å². The van der Waals surface area contributed by atoms with Crippen LogP contribution in [-0.2, 0) is 4.74 Å². The zero-order chi connectivity index (χ0) is 20.1. The van der Waals surface area contributed by atoms with Gasteiger partial charge >= 0.3 is 0 Å². The van der Waals surface area contributed by atoms with Gasteiger partial charge in [0.05, 0.1) is 13.7 Å². The summed E-state index contributed by atoms with van der Waals surface area (Å²) in [5, 5.41) is 0. The molecule has 0 spiro atoms. The van der Waals surface area contributed by atoms with E-state index in [1.165, 1.54) is 12.1 Å². The van der Waals surface area contributed by atoms with E-state index >= 15 is 0 Å². The zero-order valence-electron chi connectivity index (χ0n) is 16.0. The molecule has 148 valence electrons. The van der Waals surface area contributed by atoms with Crippen molar-refractivity contribution in [3.63, 3.8) is 0 Å². The lowest BCUT2D eigenvalue weighted by Crippen LogP contribution is -2.19. The highest BCUT2D eigenvalue weighted by Gasteiger charge is 2.17. The smallest absolute Gasteiger partial charge is 0.168 e. The van der Waals surface area contributed by atoms with Crippen molar-refractivity contribution in [2.75, 3.05) is 31.2 Å². The largest absolute Gasteiger partial charge is 0.499 e. The van der Waals surface area contributed by atoms with Gasteiger partial charge in [0.1, 0.15) is 17.3 Å². The van der Waals surface area contributed by atoms with Gasteiger partial charge in [-0.15, -0.1) is 0 Å². The summed E-state index contributed by atoms with van der Waals surface area (Å²) < 4.78 is 41.8. The molecule has 0 bridgehead atoms. The summed E-state index contributed by atoms with van der Waals surface area (Å²) in [5.41, 5.74) is 2.54. The molecule has 1 aliphatic heterocycles. The third-order valence-corrected chi connectivity index (χ3v) is 4.75. The van der Waals surface area contributed by atoms with E-state index in [9.17, 15) is 8.78 Å². The minimum atomic E-state index is -0.752. The highest BCUT2D eigenvalue weighted by atomic mass is 32.2. The van der Waals surface area contributed by atoms with E-state index in [0.717, 1.165) is 34.4 Å². The number of methoxy groups -OCH3 is 1. The number of nitrogens with one attached hydrogen (secondary N) is 1. The number of ether oxygens (including phenoxy) is 2. The van der Waals surface area contributed by atoms with Gasteiger partial charge in [0.2, 0.25) is 0 Å². The van der Waals surface area contributed by atoms with E-state index in [2.05, 4.69) is 11.6 Å². The summed E-state index contributed by atoms with van der Waals surface area (Å²) in [7, 11) is 3.57. The third kappa shape index (κ3) is 4.78. The van der Waals surface area contributed by atoms with Gasteiger partial charge in [-0.2, -0.15) is 0 Å². The molecule has 0 amide bonds. The van der Waals surface area contributed by atoms with E-state index in [1.54, 1.807) is 25.1 Å². The number of halogens is 2. The molecule has 2 aromatic carbocycles. The van der Waals surface area contributed by atoms with Gasteiger partial charge in [-0.1, -0.05) is 18.9 Å². The summed E-state index contributed by atoms with van der Waals surface area (Å²) in [6, 6.07) is 8.82. The van der Waals surface area contributed by atoms with Crippen LogP contribution in [0.5, 0.6) is 11.5 Å². The molecule has 0 saturated heterocycles. The number of hydrogen-bond donors (Lipinski definition) is 1. The van der Waals surface area contributed by atoms with Crippen molar-refractivity contribution < 1.29 is 18.3 Å². The molecule has 1 N–H and O–H groups in total. The molecule has 0 saturated carbocycles. The van der Waals surface area contributed by atoms with Crippen LogP contribution in [0.4, 0.5) is 14.5 Å². The Morgan fingerprint density at radius 2 is 1.93 bits per heavy atom. The number of likely N-dealkylation sites (N-methyl/N-ethyl adjacent to an activating group) is 1. The SMILES string of the molecule is CCSNc1ccc(Oc2ccc(F)cc2F)c(C2=CN(C)CC(OC)=C2)c1. The molecule has 0 aliphatic carbocycles. The molecule has 7 heteroatoms. The van der Waals surface area contributed by atoms with E-state index < -0.39 is 11.6 Å². The number of allylic oxidation sites excluding steroid dienone is 2. The Hall–Kier alpha value is -2.67. The van der Waals surface area contributed by atoms with Gasteiger partial charge < -0.3 is 19.1 Å². The van der Waals surface area contributed by atoms with Crippen molar-refractivity contribution in [3.05, 3.63) is 71.6 Å². The van der Waals surface area contributed by atoms with Crippen LogP contribution in [-0.4, -0.2) is 31.4 Å². The average Bonchev–Trinajstić information content (AvgIpc) is 2.68. The van der Waals surface area contributed by atoms with Crippen LogP contribution in [0.1, 0.15) is 12.5 Å². The average molecular weight is 404 g/mol. The van der Waals surface area contributed by atoms with Crippen molar-refractivity contribution in [1.82, 2.24) is 4.90 Å². The molecule has 3 rings (SSSR count). The lowest BCUT2D eigenvalue weighted by molar-refractivity contribution is 0.254. The maximum Gasteiger partial charge on any atom is 0.168 e. The fourth-order valence-corrected chi connectivity index (χ4v) is 3.23. The second-order valence-corrected chi connectivity index (χ2v) is 7.31. The van der Waals surface area contributed by atoms with E-state index in [4.69, 9.17) is 9.47 Å². The van der Waals surface area contributed by atoms with Crippen LogP contribution in [0.25, 0.3) is 5.57 Å². The highest BCUT2D eigenvalue weighted by molar-refractivity contribution is 8.00. The Morgan fingerprint density at radius 1 is 1.14 bits per heavy atom. The van der Waals surface area contributed by atoms with Gasteiger partial charge in [-0.25, -0.2) is 8.78 Å². The molecule has 0 aromatic heterocycles. The van der Waals surface area contributed by atoms with Crippen LogP contribution in [0.2, 0.25) is 0 Å². The van der Waals surface area contributed by atoms with Crippen LogP contribution in [0.3, 0.4) is 0 Å². The number of nitrogens with zero attached hydrogens (tertiary/aromatic N) is 1. The first-order chi connectivity index (χ1) is 13.5. The third-order valence-electron chi connectivity index (χ3n) is 4.08. The molecule has 0 atom stereocenters. The maximum absolute atomic E-state index is 14.1. The topological polar surface area (TPSA) is 33.7 Å². The molecule has 1 heterocycles. The van der Waals surface area contributed by atoms with Crippen molar-refractivity contribution in [2.24, 2.45) is 0 Å². The fourth-order valence-electron chi connectivity index (χ4n) is 2.80. The highest BCUT2D eigenvalue weighted by Crippen LogP contribution is 2.36. The summed E-state index contributed by atoms with van der Waals surface area (Å²) in [4.78, 5) is 2.00. The first kappa shape index (κ1) is 20.1. The van der Waals surface area contributed by atoms with Crippen LogP contribution >= 0.6 is 11.9 Å². The summed E-state index contributed by atoms with van der Waals surface area (Å²) >= 11 is 1.57. The molecule has 0 fully saturated rings. The predicted molar refractivity (Wildman–Crippen MR) is 110 cm³/mol. The van der Waals surface area contributed by atoms with Gasteiger partial charge in [-0.3, -0.25) is 0 Å². The van der Waals surface area contributed by atoms with Gasteiger partial charge in [0, 0.05) is 41.9 Å². The molecular weight excluding hydrogens is 382 g/mol. The predicted octanol–water partition coefficient (Wildman–Crippen LogP) is 5.65. The monoisotopic (exact) mass is 404 g/mol. The quantitative estimate of drug-likeness (QED) is 0.603. The molecular formula is C21H22F2N2O2S. The molecule has 1 aliphatic rings. The van der Waals surface area contributed by atoms with E-state index in [-0.39, 0.29) is 5.75 Å². The Morgan fingerprint density at radius 3 is 2.64 bits per heavy atom. The van der Waals surface area contributed by atoms with E-state index in [0.29, 0.717) is 12.3 Å². The summed E-state index contributed by atoms with van der Waals surface area (Å²) in [6.07, 6.45) is 3.91. The number of hydrogen-bond acceptors (Lipinski definition) is 5. The van der Waals surface area contributed by atoms with Crippen LogP contribution < -0.4 is 9.46 Å². The number of benzene rings is 2. The zero-order valence-corrected chi connectivity index (χ0v) is 16.8. The summed E-state index contributed by atoms with van der Waals surface area (Å²) in [6.45, 7) is 2.71. The number of rotatable bonds is 7. The Labute approximate surface area is 168 Å². The summed E-state index contributed by atoms with van der Waals surface area (Å²) in [5.74, 6) is 0.745. The lowest BCUT2D eigenvalue weighted by atomic mass is 10.0. The standard InChI is InChI=1S/C21H22F2N2O2S/c1-4-28-24-16-6-8-20(27-21-7-5-15(22)10-19(21)23)18(11-16)14-9-17(26-3)13-25(2)12-14/h5-12,24H,4,13H2,1-3H3. The maximum atomic E-state index is 14.1. The lowest BCUT2D eigenvalue weighted by Gasteiger charge is -2.24. The van der Waals surface area contributed by atoms with Gasteiger partial charge in [0.25, 0.3) is 0 Å². The Kier molecular flexibility index (Phi) is 6.46. The second-order valence-electron chi connectivity index (χ2n) is 6.24. The normalized spacial score (nSPS) is 13.7. The first-order valence-electron chi connectivity index (χ1n) is 8.82. The second kappa shape index (κ2) is 9.01. The van der Waals surface area contributed by atoms with Crippen molar-refractivity contribution in [2.45, 2.75) is 6.92 Å². The first-order valence-corrected chi connectivity index (χ1v) is 9.80. The minimum Gasteiger partial charge on any atom is -0.499 e. The minimum absolute atomic E-state index is 0.0352. The molecule has 28 heavy (non-hydrogen) atoms. The molecule has 0 unspecified atom stereocenters. The van der Waals surface area contributed by atoms with Crippen LogP contribution in [0.15, 0.2) is 54.4 Å². The van der Waals surface area contributed by atoms with E-state index in [1.807, 2.05) is 36.4 Å². The molecule has 2 aromatic rings. The Bertz CT molecular complexity index is 915. The van der Waals surface area contributed by atoms with Crippen molar-refractivity contribution in [1.29, 1.82) is 0 Å². The van der Waals surface area contributed by atoms with Gasteiger partial charge in [0.15, 0.2) is 11.6 Å². The molecule has 0 radical (unpaired) electrons. The van der Waals surface area contributed by atoms with Crippen LogP contribution in [0, 0.1) is 11.6 Å². The number of anilines is 1.